The normalized spacial score (nSPS) is 9.86. The molecular weight excluding hydrogens is 222 g/mol. The lowest BCUT2D eigenvalue weighted by molar-refractivity contribution is 0.111. The molecule has 0 fully saturated rings. The Hall–Kier alpha value is 0.347. The Labute approximate surface area is 94.9 Å². The van der Waals surface area contributed by atoms with E-state index < -0.39 is 8.80 Å². The highest BCUT2D eigenvalue weighted by molar-refractivity contribution is 6.59. The third-order valence-electron chi connectivity index (χ3n) is 1.44. The molecule has 0 atom stereocenters. The molecule has 0 heterocycles. The lowest BCUT2D eigenvalue weighted by atomic mass is 10.5. The number of hydrogen-bond acceptors (Lipinski definition) is 4. The molecule has 90 valence electrons. The number of hydrogen-bond donors (Lipinski definition) is 1. The highest BCUT2D eigenvalue weighted by Gasteiger charge is 2.30. The Kier molecular flexibility index (Phi) is 18.9. The molecule has 6 heteroatoms. The van der Waals surface area contributed by atoms with E-state index in [0.29, 0.717) is 6.61 Å². The molecule has 0 unspecified atom stereocenters. The maximum absolute atomic E-state index is 5.22. The molecule has 0 bridgehead atoms. The standard InChI is InChI=1S/C5H14O3Si.C3H9N.ClH/c1-5-8-9(4,6-2)7-3;1-2-3-4;/h5H2,1-4H3;2-4H2,1H3;1H. The van der Waals surface area contributed by atoms with Gasteiger partial charge in [0.25, 0.3) is 0 Å². The molecule has 0 saturated heterocycles. The van der Waals surface area contributed by atoms with Gasteiger partial charge in [-0.05, 0) is 19.9 Å². The van der Waals surface area contributed by atoms with E-state index in [2.05, 4.69) is 6.92 Å². The molecule has 0 spiro atoms. The minimum Gasteiger partial charge on any atom is -0.377 e. The van der Waals surface area contributed by atoms with Crippen molar-refractivity contribution in [3.63, 3.8) is 0 Å². The van der Waals surface area contributed by atoms with Gasteiger partial charge in [0, 0.05) is 27.4 Å². The van der Waals surface area contributed by atoms with Crippen molar-refractivity contribution in [3.05, 3.63) is 0 Å². The number of rotatable bonds is 5. The van der Waals surface area contributed by atoms with Gasteiger partial charge in [-0.3, -0.25) is 0 Å². The molecule has 0 aromatic rings. The zero-order valence-electron chi connectivity index (χ0n) is 9.83. The summed E-state index contributed by atoms with van der Waals surface area (Å²) in [6.45, 7) is 7.30. The van der Waals surface area contributed by atoms with Crippen molar-refractivity contribution in [1.82, 2.24) is 0 Å². The van der Waals surface area contributed by atoms with Gasteiger partial charge in [0.05, 0.1) is 0 Å². The van der Waals surface area contributed by atoms with Crippen LogP contribution in [-0.2, 0) is 13.3 Å². The molecule has 2 N–H and O–H groups in total. The van der Waals surface area contributed by atoms with Gasteiger partial charge in [0.2, 0.25) is 0 Å². The lowest BCUT2D eigenvalue weighted by Gasteiger charge is -2.20. The zero-order valence-corrected chi connectivity index (χ0v) is 11.6. The van der Waals surface area contributed by atoms with E-state index in [1.807, 2.05) is 13.5 Å². The molecule has 0 rings (SSSR count). The summed E-state index contributed by atoms with van der Waals surface area (Å²) in [5, 5.41) is 0. The summed E-state index contributed by atoms with van der Waals surface area (Å²) in [6.07, 6.45) is 1.10. The predicted molar refractivity (Wildman–Crippen MR) is 63.9 cm³/mol. The number of halogens is 1. The Morgan fingerprint density at radius 2 is 1.50 bits per heavy atom. The summed E-state index contributed by atoms with van der Waals surface area (Å²) in [5.74, 6) is 0. The van der Waals surface area contributed by atoms with E-state index in [4.69, 9.17) is 19.0 Å². The van der Waals surface area contributed by atoms with Crippen LogP contribution in [-0.4, -0.2) is 36.2 Å². The fraction of sp³-hybridized carbons (Fsp3) is 1.00. The summed E-state index contributed by atoms with van der Waals surface area (Å²) >= 11 is 0. The maximum atomic E-state index is 5.22. The maximum Gasteiger partial charge on any atom is 0.497 e. The van der Waals surface area contributed by atoms with Gasteiger partial charge in [-0.1, -0.05) is 6.92 Å². The lowest BCUT2D eigenvalue weighted by Crippen LogP contribution is -2.40. The minimum absolute atomic E-state index is 0. The van der Waals surface area contributed by atoms with Crippen molar-refractivity contribution < 1.29 is 13.3 Å². The number of nitrogens with two attached hydrogens (primary N) is 1. The molecule has 0 saturated carbocycles. The first-order valence-corrected chi connectivity index (χ1v) is 6.76. The molecule has 0 aromatic heterocycles. The van der Waals surface area contributed by atoms with E-state index in [9.17, 15) is 0 Å². The molecule has 0 aromatic carbocycles. The zero-order chi connectivity index (χ0) is 10.7. The second-order valence-corrected chi connectivity index (χ2v) is 5.32. The second-order valence-electron chi connectivity index (χ2n) is 2.49. The highest BCUT2D eigenvalue weighted by atomic mass is 35.5. The fourth-order valence-electron chi connectivity index (χ4n) is 0.463. The van der Waals surface area contributed by atoms with Crippen LogP contribution in [0.25, 0.3) is 0 Å². The van der Waals surface area contributed by atoms with Gasteiger partial charge in [-0.25, -0.2) is 0 Å². The Balaban J connectivity index is -0.000000209. The minimum atomic E-state index is -2.20. The van der Waals surface area contributed by atoms with E-state index in [1.165, 1.54) is 0 Å². The SMILES string of the molecule is CCCN.CCO[Si](C)(OC)OC.Cl. The van der Waals surface area contributed by atoms with Crippen LogP contribution < -0.4 is 5.73 Å². The molecule has 0 radical (unpaired) electrons. The van der Waals surface area contributed by atoms with Crippen molar-refractivity contribution in [2.24, 2.45) is 5.73 Å². The van der Waals surface area contributed by atoms with Gasteiger partial charge < -0.3 is 19.0 Å². The van der Waals surface area contributed by atoms with Crippen LogP contribution in [0.1, 0.15) is 20.3 Å². The Bertz CT molecular complexity index is 103. The average Bonchev–Trinajstić information content (AvgIpc) is 2.18. The van der Waals surface area contributed by atoms with Crippen molar-refractivity contribution >= 4 is 21.2 Å². The van der Waals surface area contributed by atoms with Crippen LogP contribution in [0.2, 0.25) is 6.55 Å². The molecule has 0 aliphatic heterocycles. The Morgan fingerprint density at radius 3 is 1.57 bits per heavy atom. The van der Waals surface area contributed by atoms with Gasteiger partial charge >= 0.3 is 8.80 Å². The van der Waals surface area contributed by atoms with E-state index >= 15 is 0 Å². The van der Waals surface area contributed by atoms with E-state index in [-0.39, 0.29) is 12.4 Å². The van der Waals surface area contributed by atoms with Crippen LogP contribution in [0.5, 0.6) is 0 Å². The predicted octanol–water partition coefficient (Wildman–Crippen LogP) is 1.66. The smallest absolute Gasteiger partial charge is 0.377 e. The van der Waals surface area contributed by atoms with Crippen molar-refractivity contribution in [3.8, 4) is 0 Å². The molecule has 0 aliphatic rings. The molecular formula is C8H24ClNO3Si. The average molecular weight is 246 g/mol. The van der Waals surface area contributed by atoms with Crippen LogP contribution in [0.3, 0.4) is 0 Å². The van der Waals surface area contributed by atoms with Gasteiger partial charge in [0.15, 0.2) is 0 Å². The first-order chi connectivity index (χ1) is 6.10. The molecule has 14 heavy (non-hydrogen) atoms. The fourth-order valence-corrected chi connectivity index (χ4v) is 1.39. The molecule has 4 nitrogen and oxygen atoms in total. The largest absolute Gasteiger partial charge is 0.497 e. The van der Waals surface area contributed by atoms with Crippen molar-refractivity contribution in [2.45, 2.75) is 26.8 Å². The third-order valence-corrected chi connectivity index (χ3v) is 3.73. The second kappa shape index (κ2) is 13.3. The van der Waals surface area contributed by atoms with Gasteiger partial charge in [-0.15, -0.1) is 12.4 Å². The third kappa shape index (κ3) is 12.3. The summed E-state index contributed by atoms with van der Waals surface area (Å²) in [6, 6.07) is 0. The van der Waals surface area contributed by atoms with Crippen LogP contribution in [0.15, 0.2) is 0 Å². The van der Waals surface area contributed by atoms with Crippen LogP contribution >= 0.6 is 12.4 Å². The Morgan fingerprint density at radius 1 is 1.14 bits per heavy atom. The van der Waals surface area contributed by atoms with Gasteiger partial charge in [-0.2, -0.15) is 0 Å². The van der Waals surface area contributed by atoms with Crippen LogP contribution in [0, 0.1) is 0 Å². The van der Waals surface area contributed by atoms with E-state index in [0.717, 1.165) is 13.0 Å². The first-order valence-electron chi connectivity index (χ1n) is 4.54. The van der Waals surface area contributed by atoms with Crippen molar-refractivity contribution in [1.29, 1.82) is 0 Å². The summed E-state index contributed by atoms with van der Waals surface area (Å²) in [4.78, 5) is 0. The monoisotopic (exact) mass is 245 g/mol. The summed E-state index contributed by atoms with van der Waals surface area (Å²) < 4.78 is 15.3. The summed E-state index contributed by atoms with van der Waals surface area (Å²) in [7, 11) is 1.01. The van der Waals surface area contributed by atoms with Crippen LogP contribution in [0.4, 0.5) is 0 Å². The molecule has 0 amide bonds. The van der Waals surface area contributed by atoms with Gasteiger partial charge in [0.1, 0.15) is 0 Å². The van der Waals surface area contributed by atoms with E-state index in [1.54, 1.807) is 14.2 Å². The topological polar surface area (TPSA) is 53.7 Å². The highest BCUT2D eigenvalue weighted by Crippen LogP contribution is 2.04. The van der Waals surface area contributed by atoms with Crippen molar-refractivity contribution in [2.75, 3.05) is 27.4 Å². The quantitative estimate of drug-likeness (QED) is 0.749. The summed E-state index contributed by atoms with van der Waals surface area (Å²) in [5.41, 5.74) is 5.03. The molecule has 0 aliphatic carbocycles. The first kappa shape index (κ1) is 19.9.